The Morgan fingerprint density at radius 1 is 1.32 bits per heavy atom. The predicted molar refractivity (Wildman–Crippen MR) is 71.7 cm³/mol. The van der Waals surface area contributed by atoms with Crippen LogP contribution in [0.4, 0.5) is 0 Å². The van der Waals surface area contributed by atoms with Crippen LogP contribution in [0.15, 0.2) is 33.6 Å². The van der Waals surface area contributed by atoms with E-state index in [-0.39, 0.29) is 11.8 Å². The summed E-state index contributed by atoms with van der Waals surface area (Å²) < 4.78 is 5.02. The zero-order chi connectivity index (χ0) is 13.7. The molecule has 0 bridgehead atoms. The molecule has 6 heteroatoms. The van der Waals surface area contributed by atoms with Crippen molar-refractivity contribution in [2.24, 2.45) is 0 Å². The third kappa shape index (κ3) is 3.69. The summed E-state index contributed by atoms with van der Waals surface area (Å²) in [6.07, 6.45) is 2.43. The van der Waals surface area contributed by atoms with Crippen molar-refractivity contribution in [1.29, 1.82) is 0 Å². The van der Waals surface area contributed by atoms with Gasteiger partial charge >= 0.3 is 0 Å². The molecule has 0 aliphatic rings. The number of amides is 2. The van der Waals surface area contributed by atoms with Gasteiger partial charge in [0.2, 0.25) is 5.91 Å². The van der Waals surface area contributed by atoms with Crippen molar-refractivity contribution in [1.82, 2.24) is 10.9 Å². The molecule has 2 rings (SSSR count). The van der Waals surface area contributed by atoms with Gasteiger partial charge in [-0.25, -0.2) is 0 Å². The lowest BCUT2D eigenvalue weighted by Gasteiger charge is -2.06. The fourth-order valence-electron chi connectivity index (χ4n) is 1.57. The molecular weight excluding hydrogens is 264 g/mol. The SMILES string of the molecule is Cc1occc1C(=O)NNC(=O)CCc1ccsc1. The average molecular weight is 278 g/mol. The van der Waals surface area contributed by atoms with Crippen molar-refractivity contribution < 1.29 is 14.0 Å². The zero-order valence-electron chi connectivity index (χ0n) is 10.4. The van der Waals surface area contributed by atoms with Gasteiger partial charge in [0.05, 0.1) is 11.8 Å². The van der Waals surface area contributed by atoms with Gasteiger partial charge in [-0.05, 0) is 41.8 Å². The van der Waals surface area contributed by atoms with Crippen LogP contribution in [0.3, 0.4) is 0 Å². The van der Waals surface area contributed by atoms with E-state index in [0.29, 0.717) is 24.2 Å². The Kier molecular flexibility index (Phi) is 4.35. The molecule has 2 amide bonds. The van der Waals surface area contributed by atoms with Gasteiger partial charge in [-0.1, -0.05) is 0 Å². The second-order valence-corrected chi connectivity index (χ2v) is 4.80. The van der Waals surface area contributed by atoms with Crippen molar-refractivity contribution in [2.75, 3.05) is 0 Å². The second kappa shape index (κ2) is 6.19. The Morgan fingerprint density at radius 2 is 2.16 bits per heavy atom. The smallest absolute Gasteiger partial charge is 0.273 e. The summed E-state index contributed by atoms with van der Waals surface area (Å²) in [5.41, 5.74) is 6.28. The van der Waals surface area contributed by atoms with Gasteiger partial charge in [0.1, 0.15) is 5.76 Å². The fraction of sp³-hybridized carbons (Fsp3) is 0.231. The van der Waals surface area contributed by atoms with E-state index < -0.39 is 0 Å². The molecule has 0 aromatic carbocycles. The highest BCUT2D eigenvalue weighted by molar-refractivity contribution is 7.07. The largest absolute Gasteiger partial charge is 0.469 e. The van der Waals surface area contributed by atoms with E-state index in [9.17, 15) is 9.59 Å². The highest BCUT2D eigenvalue weighted by atomic mass is 32.1. The van der Waals surface area contributed by atoms with Crippen LogP contribution in [0.1, 0.15) is 28.1 Å². The maximum Gasteiger partial charge on any atom is 0.273 e. The van der Waals surface area contributed by atoms with Gasteiger partial charge in [-0.2, -0.15) is 11.3 Å². The first-order valence-corrected chi connectivity index (χ1v) is 6.75. The number of hydrogen-bond acceptors (Lipinski definition) is 4. The maximum atomic E-state index is 11.7. The van der Waals surface area contributed by atoms with Crippen molar-refractivity contribution in [3.05, 3.63) is 46.0 Å². The first kappa shape index (κ1) is 13.4. The van der Waals surface area contributed by atoms with E-state index in [1.54, 1.807) is 24.3 Å². The molecule has 0 saturated carbocycles. The van der Waals surface area contributed by atoms with Crippen LogP contribution in [-0.2, 0) is 11.2 Å². The molecule has 2 heterocycles. The molecule has 2 aromatic rings. The fourth-order valence-corrected chi connectivity index (χ4v) is 2.27. The molecule has 0 atom stereocenters. The van der Waals surface area contributed by atoms with Crippen LogP contribution in [0.2, 0.25) is 0 Å². The van der Waals surface area contributed by atoms with E-state index in [0.717, 1.165) is 5.56 Å². The van der Waals surface area contributed by atoms with Crippen LogP contribution < -0.4 is 10.9 Å². The number of carbonyl (C=O) groups is 2. The Hall–Kier alpha value is -2.08. The lowest BCUT2D eigenvalue weighted by Crippen LogP contribution is -2.41. The normalized spacial score (nSPS) is 10.2. The lowest BCUT2D eigenvalue weighted by atomic mass is 10.2. The van der Waals surface area contributed by atoms with E-state index in [4.69, 9.17) is 4.42 Å². The monoisotopic (exact) mass is 278 g/mol. The molecule has 2 N–H and O–H groups in total. The van der Waals surface area contributed by atoms with Crippen LogP contribution in [0.25, 0.3) is 0 Å². The first-order valence-electron chi connectivity index (χ1n) is 5.81. The summed E-state index contributed by atoms with van der Waals surface area (Å²) >= 11 is 1.60. The quantitative estimate of drug-likeness (QED) is 0.841. The minimum atomic E-state index is -0.380. The van der Waals surface area contributed by atoms with Gasteiger partial charge in [0.25, 0.3) is 5.91 Å². The molecule has 0 aliphatic carbocycles. The number of rotatable bonds is 4. The van der Waals surface area contributed by atoms with Crippen molar-refractivity contribution in [2.45, 2.75) is 19.8 Å². The second-order valence-electron chi connectivity index (χ2n) is 4.02. The van der Waals surface area contributed by atoms with E-state index in [1.807, 2.05) is 16.8 Å². The summed E-state index contributed by atoms with van der Waals surface area (Å²) in [7, 11) is 0. The average Bonchev–Trinajstić information content (AvgIpc) is 3.04. The number of carbonyl (C=O) groups excluding carboxylic acids is 2. The van der Waals surface area contributed by atoms with Crippen LogP contribution >= 0.6 is 11.3 Å². The number of hydrogen-bond donors (Lipinski definition) is 2. The van der Waals surface area contributed by atoms with Gasteiger partial charge < -0.3 is 4.42 Å². The van der Waals surface area contributed by atoms with Crippen molar-refractivity contribution in [3.8, 4) is 0 Å². The van der Waals surface area contributed by atoms with Gasteiger partial charge in [-0.15, -0.1) is 0 Å². The van der Waals surface area contributed by atoms with Crippen LogP contribution in [0, 0.1) is 6.92 Å². The Labute approximate surface area is 114 Å². The van der Waals surface area contributed by atoms with E-state index >= 15 is 0 Å². The molecule has 2 aromatic heterocycles. The topological polar surface area (TPSA) is 71.3 Å². The Balaban J connectivity index is 1.74. The minimum Gasteiger partial charge on any atom is -0.469 e. The number of aryl methyl sites for hydroxylation is 2. The Morgan fingerprint density at radius 3 is 2.79 bits per heavy atom. The van der Waals surface area contributed by atoms with Gasteiger partial charge in [-0.3, -0.25) is 20.4 Å². The lowest BCUT2D eigenvalue weighted by molar-refractivity contribution is -0.121. The van der Waals surface area contributed by atoms with Gasteiger partial charge in [0, 0.05) is 6.42 Å². The number of nitrogens with one attached hydrogen (secondary N) is 2. The molecule has 0 fully saturated rings. The Bertz CT molecular complexity index is 560. The number of thiophene rings is 1. The predicted octanol–water partition coefficient (Wildman–Crippen LogP) is 2.04. The molecule has 5 nitrogen and oxygen atoms in total. The third-order valence-corrected chi connectivity index (χ3v) is 3.37. The summed E-state index contributed by atoms with van der Waals surface area (Å²) in [4.78, 5) is 23.2. The third-order valence-electron chi connectivity index (χ3n) is 2.64. The summed E-state index contributed by atoms with van der Waals surface area (Å²) in [5, 5.41) is 3.97. The summed E-state index contributed by atoms with van der Waals surface area (Å²) in [6.45, 7) is 1.69. The maximum absolute atomic E-state index is 11.7. The molecular formula is C13H14N2O3S. The molecule has 0 spiro atoms. The van der Waals surface area contributed by atoms with Crippen LogP contribution in [-0.4, -0.2) is 11.8 Å². The van der Waals surface area contributed by atoms with Crippen molar-refractivity contribution >= 4 is 23.2 Å². The zero-order valence-corrected chi connectivity index (χ0v) is 11.3. The molecule has 19 heavy (non-hydrogen) atoms. The van der Waals surface area contributed by atoms with E-state index in [1.165, 1.54) is 6.26 Å². The molecule has 100 valence electrons. The number of hydrazine groups is 1. The first-order chi connectivity index (χ1) is 9.16. The van der Waals surface area contributed by atoms with Crippen molar-refractivity contribution in [3.63, 3.8) is 0 Å². The molecule has 0 aliphatic heterocycles. The number of furan rings is 1. The van der Waals surface area contributed by atoms with E-state index in [2.05, 4.69) is 10.9 Å². The highest BCUT2D eigenvalue weighted by Gasteiger charge is 2.11. The molecule has 0 radical (unpaired) electrons. The summed E-state index contributed by atoms with van der Waals surface area (Å²) in [6, 6.07) is 3.54. The van der Waals surface area contributed by atoms with Crippen LogP contribution in [0.5, 0.6) is 0 Å². The summed E-state index contributed by atoms with van der Waals surface area (Å²) in [5.74, 6) is -0.0825. The standard InChI is InChI=1S/C13H14N2O3S/c1-9-11(4-6-18-9)13(17)15-14-12(16)3-2-10-5-7-19-8-10/h4-8H,2-3H2,1H3,(H,14,16)(H,15,17). The molecule has 0 saturated heterocycles. The van der Waals surface area contributed by atoms with Gasteiger partial charge in [0.15, 0.2) is 0 Å². The highest BCUT2D eigenvalue weighted by Crippen LogP contribution is 2.09. The molecule has 0 unspecified atom stereocenters. The minimum absolute atomic E-state index is 0.222.